The molecule has 0 saturated heterocycles. The van der Waals surface area contributed by atoms with E-state index in [9.17, 15) is 4.79 Å². The number of fused-ring (bicyclic) bond motifs is 1. The molecular weight excluding hydrogens is 211 g/mol. The molecule has 0 spiro atoms. The first-order valence-corrected chi connectivity index (χ1v) is 4.45. The van der Waals surface area contributed by atoms with Crippen molar-refractivity contribution in [2.45, 2.75) is 6.54 Å². The van der Waals surface area contributed by atoms with Gasteiger partial charge in [0.1, 0.15) is 0 Å². The molecule has 3 nitrogen and oxygen atoms in total. The minimum Gasteiger partial charge on any atom is -0.334 e. The summed E-state index contributed by atoms with van der Waals surface area (Å²) in [6, 6.07) is 3.11. The number of nitrogens with one attached hydrogen (secondary N) is 2. The van der Waals surface area contributed by atoms with Crippen LogP contribution in [0.15, 0.2) is 12.1 Å². The van der Waals surface area contributed by atoms with Gasteiger partial charge in [0.05, 0.1) is 5.69 Å². The summed E-state index contributed by atoms with van der Waals surface area (Å²) in [5.74, 6) is 0. The molecule has 0 aromatic heterocycles. The van der Waals surface area contributed by atoms with Crippen LogP contribution in [0.4, 0.5) is 10.5 Å². The standard InChI is InChI=1S/C8H6Cl2N2O/c9-4-1-6(10)5-3-11-8(13)12-7(5)2-4/h1-2H,3H2,(H2,11,12,13). The predicted octanol–water partition coefficient (Wildman–Crippen LogP) is 2.63. The number of urea groups is 1. The maximum absolute atomic E-state index is 10.9. The largest absolute Gasteiger partial charge is 0.334 e. The van der Waals surface area contributed by atoms with Crippen molar-refractivity contribution in [2.75, 3.05) is 5.32 Å². The van der Waals surface area contributed by atoms with Crippen molar-refractivity contribution < 1.29 is 4.79 Å². The van der Waals surface area contributed by atoms with E-state index < -0.39 is 0 Å². The summed E-state index contributed by atoms with van der Waals surface area (Å²) in [5.41, 5.74) is 1.55. The molecule has 0 fully saturated rings. The van der Waals surface area contributed by atoms with E-state index in [0.717, 1.165) is 5.56 Å². The number of benzene rings is 1. The molecule has 0 radical (unpaired) electrons. The summed E-state index contributed by atoms with van der Waals surface area (Å²) in [7, 11) is 0. The Hall–Kier alpha value is -0.930. The van der Waals surface area contributed by atoms with Crippen LogP contribution in [-0.2, 0) is 6.54 Å². The highest BCUT2D eigenvalue weighted by Crippen LogP contribution is 2.30. The number of anilines is 1. The van der Waals surface area contributed by atoms with Gasteiger partial charge in [0.25, 0.3) is 0 Å². The third-order valence-corrected chi connectivity index (χ3v) is 2.39. The van der Waals surface area contributed by atoms with E-state index in [2.05, 4.69) is 10.6 Å². The second-order valence-electron chi connectivity index (χ2n) is 2.72. The summed E-state index contributed by atoms with van der Waals surface area (Å²) < 4.78 is 0. The minimum atomic E-state index is -0.231. The molecule has 1 aromatic rings. The molecule has 0 atom stereocenters. The Bertz CT molecular complexity index is 379. The number of amides is 2. The van der Waals surface area contributed by atoms with Crippen LogP contribution in [0.5, 0.6) is 0 Å². The topological polar surface area (TPSA) is 41.1 Å². The van der Waals surface area contributed by atoms with Crippen molar-refractivity contribution in [3.8, 4) is 0 Å². The third-order valence-electron chi connectivity index (χ3n) is 1.83. The summed E-state index contributed by atoms with van der Waals surface area (Å²) in [6.07, 6.45) is 0. The Balaban J connectivity index is 2.53. The van der Waals surface area contributed by atoms with Crippen molar-refractivity contribution in [1.29, 1.82) is 0 Å². The number of hydrogen-bond acceptors (Lipinski definition) is 1. The first-order chi connectivity index (χ1) is 6.16. The zero-order valence-electron chi connectivity index (χ0n) is 6.53. The van der Waals surface area contributed by atoms with E-state index in [1.807, 2.05) is 0 Å². The molecule has 2 rings (SSSR count). The van der Waals surface area contributed by atoms with Crippen LogP contribution in [0.25, 0.3) is 0 Å². The molecule has 1 aliphatic rings. The van der Waals surface area contributed by atoms with Gasteiger partial charge in [-0.15, -0.1) is 0 Å². The van der Waals surface area contributed by atoms with Gasteiger partial charge in [0.15, 0.2) is 0 Å². The lowest BCUT2D eigenvalue weighted by Crippen LogP contribution is -2.33. The number of rotatable bonds is 0. The zero-order chi connectivity index (χ0) is 9.42. The molecule has 0 unspecified atom stereocenters. The van der Waals surface area contributed by atoms with Crippen LogP contribution in [0.3, 0.4) is 0 Å². The van der Waals surface area contributed by atoms with Crippen LogP contribution in [0, 0.1) is 0 Å². The fraction of sp³-hybridized carbons (Fsp3) is 0.125. The van der Waals surface area contributed by atoms with Gasteiger partial charge in [0, 0.05) is 22.2 Å². The summed E-state index contributed by atoms with van der Waals surface area (Å²) in [4.78, 5) is 10.9. The lowest BCUT2D eigenvalue weighted by molar-refractivity contribution is 0.251. The van der Waals surface area contributed by atoms with E-state index in [4.69, 9.17) is 23.2 Å². The molecule has 1 aliphatic heterocycles. The summed E-state index contributed by atoms with van der Waals surface area (Å²) in [5, 5.41) is 6.33. The molecule has 5 heteroatoms. The maximum Gasteiger partial charge on any atom is 0.319 e. The van der Waals surface area contributed by atoms with Gasteiger partial charge in [-0.05, 0) is 12.1 Å². The zero-order valence-corrected chi connectivity index (χ0v) is 8.04. The normalized spacial score (nSPS) is 14.5. The molecule has 1 aromatic carbocycles. The highest BCUT2D eigenvalue weighted by atomic mass is 35.5. The van der Waals surface area contributed by atoms with Crippen molar-refractivity contribution >= 4 is 34.9 Å². The summed E-state index contributed by atoms with van der Waals surface area (Å²) >= 11 is 11.7. The van der Waals surface area contributed by atoms with Gasteiger partial charge in [-0.3, -0.25) is 0 Å². The highest BCUT2D eigenvalue weighted by Gasteiger charge is 2.16. The molecule has 2 N–H and O–H groups in total. The molecule has 1 heterocycles. The van der Waals surface area contributed by atoms with Crippen molar-refractivity contribution in [2.24, 2.45) is 0 Å². The van der Waals surface area contributed by atoms with E-state index >= 15 is 0 Å². The average molecular weight is 217 g/mol. The van der Waals surface area contributed by atoms with E-state index in [1.165, 1.54) is 0 Å². The van der Waals surface area contributed by atoms with Gasteiger partial charge >= 0.3 is 6.03 Å². The maximum atomic E-state index is 10.9. The monoisotopic (exact) mass is 216 g/mol. The molecular formula is C8H6Cl2N2O. The lowest BCUT2D eigenvalue weighted by Gasteiger charge is -2.19. The fourth-order valence-electron chi connectivity index (χ4n) is 1.23. The van der Waals surface area contributed by atoms with Crippen LogP contribution < -0.4 is 10.6 Å². The molecule has 13 heavy (non-hydrogen) atoms. The second kappa shape index (κ2) is 3.09. The highest BCUT2D eigenvalue weighted by molar-refractivity contribution is 6.35. The van der Waals surface area contributed by atoms with Crippen LogP contribution >= 0.6 is 23.2 Å². The molecule has 0 bridgehead atoms. The molecule has 68 valence electrons. The number of carbonyl (C=O) groups is 1. The average Bonchev–Trinajstić information content (AvgIpc) is 2.02. The summed E-state index contributed by atoms with van der Waals surface area (Å²) in [6.45, 7) is 0.442. The smallest absolute Gasteiger partial charge is 0.319 e. The number of hydrogen-bond donors (Lipinski definition) is 2. The van der Waals surface area contributed by atoms with Gasteiger partial charge in [-0.2, -0.15) is 0 Å². The van der Waals surface area contributed by atoms with E-state index in [-0.39, 0.29) is 6.03 Å². The minimum absolute atomic E-state index is 0.231. The fourth-order valence-corrected chi connectivity index (χ4v) is 1.79. The Morgan fingerprint density at radius 1 is 1.31 bits per heavy atom. The first kappa shape index (κ1) is 8.66. The Kier molecular flexibility index (Phi) is 2.06. The molecule has 2 amide bonds. The lowest BCUT2D eigenvalue weighted by atomic mass is 10.1. The Labute approximate surface area is 85.0 Å². The van der Waals surface area contributed by atoms with Gasteiger partial charge in [0.2, 0.25) is 0 Å². The van der Waals surface area contributed by atoms with Gasteiger partial charge in [-0.25, -0.2) is 4.79 Å². The Morgan fingerprint density at radius 3 is 2.85 bits per heavy atom. The van der Waals surface area contributed by atoms with Crippen LogP contribution in [0.1, 0.15) is 5.56 Å². The van der Waals surface area contributed by atoms with Crippen molar-refractivity contribution in [3.63, 3.8) is 0 Å². The van der Waals surface area contributed by atoms with Crippen molar-refractivity contribution in [1.82, 2.24) is 5.32 Å². The first-order valence-electron chi connectivity index (χ1n) is 3.69. The van der Waals surface area contributed by atoms with Crippen molar-refractivity contribution in [3.05, 3.63) is 27.7 Å². The number of carbonyl (C=O) groups excluding carboxylic acids is 1. The SMILES string of the molecule is O=C1NCc2c(Cl)cc(Cl)cc2N1. The molecule has 0 aliphatic carbocycles. The predicted molar refractivity (Wildman–Crippen MR) is 52.3 cm³/mol. The van der Waals surface area contributed by atoms with Gasteiger partial charge in [-0.1, -0.05) is 23.2 Å². The quantitative estimate of drug-likeness (QED) is 0.688. The second-order valence-corrected chi connectivity index (χ2v) is 3.57. The van der Waals surface area contributed by atoms with E-state index in [1.54, 1.807) is 12.1 Å². The third kappa shape index (κ3) is 1.57. The molecule has 0 saturated carbocycles. The Morgan fingerprint density at radius 2 is 2.08 bits per heavy atom. The van der Waals surface area contributed by atoms with Gasteiger partial charge < -0.3 is 10.6 Å². The number of halogens is 2. The van der Waals surface area contributed by atoms with Crippen LogP contribution in [-0.4, -0.2) is 6.03 Å². The van der Waals surface area contributed by atoms with E-state index in [0.29, 0.717) is 22.3 Å². The van der Waals surface area contributed by atoms with Crippen LogP contribution in [0.2, 0.25) is 10.0 Å².